The van der Waals surface area contributed by atoms with E-state index in [0.29, 0.717) is 5.92 Å². The van der Waals surface area contributed by atoms with Gasteiger partial charge in [-0.2, -0.15) is 5.10 Å². The Bertz CT molecular complexity index is 1060. The van der Waals surface area contributed by atoms with Crippen LogP contribution in [0.2, 0.25) is 0 Å². The van der Waals surface area contributed by atoms with Crippen molar-refractivity contribution in [2.45, 2.75) is 31.8 Å². The van der Waals surface area contributed by atoms with E-state index >= 15 is 0 Å². The van der Waals surface area contributed by atoms with Gasteiger partial charge in [0.2, 0.25) is 0 Å². The number of likely N-dealkylation sites (tertiary alicyclic amines) is 1. The van der Waals surface area contributed by atoms with Crippen molar-refractivity contribution in [3.05, 3.63) is 84.2 Å². The van der Waals surface area contributed by atoms with E-state index in [-0.39, 0.29) is 0 Å². The standard InChI is InChI=1S/C23H25N5O/c1-2-5-18(6-3-1)13-24-21-8-9-22-25-23(26-28(22)16-21)20-7-4-11-27(15-20)14-19-10-12-29-17-19/h1-3,5-6,8-10,12,16-17,20,24H,4,7,11,13-15H2/t20-/m0/s1. The Morgan fingerprint density at radius 2 is 2.00 bits per heavy atom. The summed E-state index contributed by atoms with van der Waals surface area (Å²) in [4.78, 5) is 7.28. The predicted octanol–water partition coefficient (Wildman–Crippen LogP) is 4.31. The Morgan fingerprint density at radius 3 is 2.86 bits per heavy atom. The molecule has 0 aliphatic carbocycles. The van der Waals surface area contributed by atoms with Crippen LogP contribution in [-0.2, 0) is 13.1 Å². The smallest absolute Gasteiger partial charge is 0.156 e. The zero-order valence-corrected chi connectivity index (χ0v) is 16.4. The highest BCUT2D eigenvalue weighted by Gasteiger charge is 2.25. The predicted molar refractivity (Wildman–Crippen MR) is 113 cm³/mol. The van der Waals surface area contributed by atoms with Crippen LogP contribution in [0.4, 0.5) is 5.69 Å². The minimum absolute atomic E-state index is 0.372. The molecule has 6 nitrogen and oxygen atoms in total. The van der Waals surface area contributed by atoms with Crippen LogP contribution in [-0.4, -0.2) is 32.6 Å². The lowest BCUT2D eigenvalue weighted by atomic mass is 9.97. The molecular weight excluding hydrogens is 362 g/mol. The minimum Gasteiger partial charge on any atom is -0.472 e. The number of nitrogens with zero attached hydrogens (tertiary/aromatic N) is 4. The molecule has 4 aromatic rings. The van der Waals surface area contributed by atoms with Gasteiger partial charge < -0.3 is 9.73 Å². The molecule has 0 bridgehead atoms. The summed E-state index contributed by atoms with van der Waals surface area (Å²) in [6.45, 7) is 3.82. The van der Waals surface area contributed by atoms with Gasteiger partial charge in [0.1, 0.15) is 0 Å². The topological polar surface area (TPSA) is 58.6 Å². The zero-order chi connectivity index (χ0) is 19.5. The van der Waals surface area contributed by atoms with Gasteiger partial charge in [-0.15, -0.1) is 0 Å². The first-order chi connectivity index (χ1) is 14.3. The first-order valence-electron chi connectivity index (χ1n) is 10.2. The number of rotatable bonds is 6. The molecule has 0 spiro atoms. The second kappa shape index (κ2) is 8.09. The monoisotopic (exact) mass is 387 g/mol. The van der Waals surface area contributed by atoms with Gasteiger partial charge in [0.25, 0.3) is 0 Å². The minimum atomic E-state index is 0.372. The fourth-order valence-electron chi connectivity index (χ4n) is 4.03. The Kier molecular flexibility index (Phi) is 5.01. The van der Waals surface area contributed by atoms with Gasteiger partial charge in [-0.1, -0.05) is 30.3 Å². The van der Waals surface area contributed by atoms with Crippen molar-refractivity contribution in [1.82, 2.24) is 19.5 Å². The van der Waals surface area contributed by atoms with Crippen LogP contribution >= 0.6 is 0 Å². The fraction of sp³-hybridized carbons (Fsp3) is 0.304. The van der Waals surface area contributed by atoms with Gasteiger partial charge >= 0.3 is 0 Å². The number of anilines is 1. The highest BCUT2D eigenvalue weighted by atomic mass is 16.3. The van der Waals surface area contributed by atoms with Gasteiger partial charge in [0.05, 0.1) is 24.4 Å². The first kappa shape index (κ1) is 17.9. The van der Waals surface area contributed by atoms with Crippen molar-refractivity contribution >= 4 is 11.3 Å². The number of fused-ring (bicyclic) bond motifs is 1. The third-order valence-corrected chi connectivity index (χ3v) is 5.54. The average molecular weight is 387 g/mol. The SMILES string of the molecule is c1ccc(CNc2ccc3nc([C@H]4CCCN(Cc5ccoc5)C4)nn3c2)cc1. The Balaban J connectivity index is 1.28. The van der Waals surface area contributed by atoms with E-state index in [0.717, 1.165) is 49.8 Å². The van der Waals surface area contributed by atoms with Crippen molar-refractivity contribution in [3.8, 4) is 0 Å². The van der Waals surface area contributed by atoms with E-state index < -0.39 is 0 Å². The quantitative estimate of drug-likeness (QED) is 0.534. The number of hydrogen-bond donors (Lipinski definition) is 1. The van der Waals surface area contributed by atoms with Crippen LogP contribution in [0.5, 0.6) is 0 Å². The summed E-state index contributed by atoms with van der Waals surface area (Å²) in [5.41, 5.74) is 4.43. The molecule has 1 N–H and O–H groups in total. The molecule has 29 heavy (non-hydrogen) atoms. The van der Waals surface area contributed by atoms with Crippen LogP contribution in [0, 0.1) is 0 Å². The van der Waals surface area contributed by atoms with Crippen molar-refractivity contribution in [1.29, 1.82) is 0 Å². The summed E-state index contributed by atoms with van der Waals surface area (Å²) in [6.07, 6.45) is 7.90. The molecule has 0 amide bonds. The highest BCUT2D eigenvalue weighted by molar-refractivity contribution is 5.49. The van der Waals surface area contributed by atoms with Gasteiger partial charge in [0, 0.05) is 31.1 Å². The number of aromatic nitrogens is 3. The van der Waals surface area contributed by atoms with Crippen LogP contribution < -0.4 is 5.32 Å². The van der Waals surface area contributed by atoms with Gasteiger partial charge in [-0.3, -0.25) is 4.90 Å². The lowest BCUT2D eigenvalue weighted by Crippen LogP contribution is -2.34. The maximum absolute atomic E-state index is 5.21. The second-order valence-corrected chi connectivity index (χ2v) is 7.74. The maximum atomic E-state index is 5.21. The Morgan fingerprint density at radius 1 is 1.07 bits per heavy atom. The normalized spacial score (nSPS) is 17.6. The molecular formula is C23H25N5O. The van der Waals surface area contributed by atoms with Crippen LogP contribution in [0.3, 0.4) is 0 Å². The summed E-state index contributed by atoms with van der Waals surface area (Å²) in [7, 11) is 0. The zero-order valence-electron chi connectivity index (χ0n) is 16.4. The molecule has 1 aliphatic rings. The average Bonchev–Trinajstić information content (AvgIpc) is 3.42. The lowest BCUT2D eigenvalue weighted by Gasteiger charge is -2.30. The third-order valence-electron chi connectivity index (χ3n) is 5.54. The Labute approximate surface area is 170 Å². The summed E-state index contributed by atoms with van der Waals surface area (Å²) in [5.74, 6) is 1.32. The molecule has 1 saturated heterocycles. The summed E-state index contributed by atoms with van der Waals surface area (Å²) in [5, 5.41) is 8.27. The number of piperidine rings is 1. The van der Waals surface area contributed by atoms with Crippen molar-refractivity contribution in [2.75, 3.05) is 18.4 Å². The molecule has 1 fully saturated rings. The van der Waals surface area contributed by atoms with Crippen molar-refractivity contribution < 1.29 is 4.42 Å². The second-order valence-electron chi connectivity index (χ2n) is 7.74. The molecule has 3 aromatic heterocycles. The molecule has 1 aromatic carbocycles. The van der Waals surface area contributed by atoms with Crippen LogP contribution in [0.25, 0.3) is 5.65 Å². The molecule has 0 radical (unpaired) electrons. The van der Waals surface area contributed by atoms with E-state index in [9.17, 15) is 0 Å². The van der Waals surface area contributed by atoms with E-state index in [1.807, 2.05) is 35.2 Å². The molecule has 1 atom stereocenters. The number of pyridine rings is 1. The summed E-state index contributed by atoms with van der Waals surface area (Å²) in [6, 6.07) is 16.5. The summed E-state index contributed by atoms with van der Waals surface area (Å²) >= 11 is 0. The fourth-order valence-corrected chi connectivity index (χ4v) is 4.03. The van der Waals surface area contributed by atoms with E-state index in [1.165, 1.54) is 17.5 Å². The molecule has 0 saturated carbocycles. The van der Waals surface area contributed by atoms with Gasteiger partial charge in [-0.25, -0.2) is 9.50 Å². The number of hydrogen-bond acceptors (Lipinski definition) is 5. The number of furan rings is 1. The largest absolute Gasteiger partial charge is 0.472 e. The van der Waals surface area contributed by atoms with E-state index in [1.54, 1.807) is 6.26 Å². The van der Waals surface area contributed by atoms with Crippen molar-refractivity contribution in [2.24, 2.45) is 0 Å². The van der Waals surface area contributed by atoms with E-state index in [2.05, 4.69) is 40.5 Å². The van der Waals surface area contributed by atoms with Gasteiger partial charge in [-0.05, 0) is 43.1 Å². The summed E-state index contributed by atoms with van der Waals surface area (Å²) < 4.78 is 7.11. The third kappa shape index (κ3) is 4.17. The molecule has 148 valence electrons. The molecule has 4 heterocycles. The molecule has 5 rings (SSSR count). The number of nitrogens with one attached hydrogen (secondary N) is 1. The van der Waals surface area contributed by atoms with Crippen molar-refractivity contribution in [3.63, 3.8) is 0 Å². The maximum Gasteiger partial charge on any atom is 0.156 e. The molecule has 1 aliphatic heterocycles. The number of benzene rings is 1. The van der Waals surface area contributed by atoms with Gasteiger partial charge in [0.15, 0.2) is 11.5 Å². The highest BCUT2D eigenvalue weighted by Crippen LogP contribution is 2.26. The van der Waals surface area contributed by atoms with Crippen LogP contribution in [0.15, 0.2) is 71.7 Å². The molecule has 6 heteroatoms. The lowest BCUT2D eigenvalue weighted by molar-refractivity contribution is 0.196. The molecule has 0 unspecified atom stereocenters. The van der Waals surface area contributed by atoms with Crippen LogP contribution in [0.1, 0.15) is 35.7 Å². The van der Waals surface area contributed by atoms with E-state index in [4.69, 9.17) is 14.5 Å². The Hall–Kier alpha value is -3.12. The first-order valence-corrected chi connectivity index (χ1v) is 10.2.